The van der Waals surface area contributed by atoms with Gasteiger partial charge < -0.3 is 10.6 Å². The first-order valence-electron chi connectivity index (χ1n) is 7.58. The molecule has 2 heterocycles. The van der Waals surface area contributed by atoms with Gasteiger partial charge in [0.2, 0.25) is 0 Å². The molecular weight excluding hydrogens is 254 g/mol. The maximum atomic E-state index is 4.54. The average molecular weight is 281 g/mol. The molecule has 0 aromatic carbocycles. The van der Waals surface area contributed by atoms with Crippen molar-refractivity contribution in [3.8, 4) is 0 Å². The predicted octanol–water partition coefficient (Wildman–Crippen LogP) is 3.14. The highest BCUT2D eigenvalue weighted by Crippen LogP contribution is 2.30. The van der Waals surface area contributed by atoms with E-state index >= 15 is 0 Å². The van der Waals surface area contributed by atoms with E-state index in [1.807, 2.05) is 17.5 Å². The molecule has 1 fully saturated rings. The lowest BCUT2D eigenvalue weighted by Gasteiger charge is -2.38. The van der Waals surface area contributed by atoms with Gasteiger partial charge in [-0.1, -0.05) is 13.8 Å². The topological polar surface area (TPSA) is 37.0 Å². The zero-order valence-corrected chi connectivity index (χ0v) is 13.3. The Morgan fingerprint density at radius 3 is 2.95 bits per heavy atom. The zero-order chi connectivity index (χ0) is 13.7. The largest absolute Gasteiger partial charge is 0.316 e. The van der Waals surface area contributed by atoms with Gasteiger partial charge in [0, 0.05) is 24.2 Å². The standard InChI is InChI=1S/C15H27N3S/c1-4-13-9-17-14(19-13)12(3)18-11-15(5-2)7-6-8-16-10-15/h9,12,16,18H,4-8,10-11H2,1-3H3. The molecule has 0 amide bonds. The highest BCUT2D eigenvalue weighted by atomic mass is 32.1. The summed E-state index contributed by atoms with van der Waals surface area (Å²) in [6.45, 7) is 10.2. The van der Waals surface area contributed by atoms with Gasteiger partial charge in [0.05, 0.1) is 6.04 Å². The molecule has 3 nitrogen and oxygen atoms in total. The SMILES string of the molecule is CCc1cnc(C(C)NCC2(CC)CCCNC2)s1. The fourth-order valence-electron chi connectivity index (χ4n) is 2.75. The van der Waals surface area contributed by atoms with E-state index in [4.69, 9.17) is 0 Å². The van der Waals surface area contributed by atoms with Crippen molar-refractivity contribution in [3.63, 3.8) is 0 Å². The van der Waals surface area contributed by atoms with Gasteiger partial charge in [0.15, 0.2) is 0 Å². The number of nitrogens with zero attached hydrogens (tertiary/aromatic N) is 1. The molecule has 1 aromatic heterocycles. The van der Waals surface area contributed by atoms with Crippen molar-refractivity contribution in [2.75, 3.05) is 19.6 Å². The van der Waals surface area contributed by atoms with Gasteiger partial charge in [-0.2, -0.15) is 0 Å². The van der Waals surface area contributed by atoms with Crippen LogP contribution in [-0.4, -0.2) is 24.6 Å². The number of aromatic nitrogens is 1. The minimum absolute atomic E-state index is 0.371. The fraction of sp³-hybridized carbons (Fsp3) is 0.800. The van der Waals surface area contributed by atoms with Crippen molar-refractivity contribution in [3.05, 3.63) is 16.1 Å². The van der Waals surface area contributed by atoms with Crippen LogP contribution in [0.5, 0.6) is 0 Å². The monoisotopic (exact) mass is 281 g/mol. The van der Waals surface area contributed by atoms with E-state index in [9.17, 15) is 0 Å². The van der Waals surface area contributed by atoms with Gasteiger partial charge in [0.1, 0.15) is 5.01 Å². The van der Waals surface area contributed by atoms with Crippen LogP contribution in [0.15, 0.2) is 6.20 Å². The summed E-state index contributed by atoms with van der Waals surface area (Å²) in [5.41, 5.74) is 0.442. The van der Waals surface area contributed by atoms with Crippen molar-refractivity contribution in [1.82, 2.24) is 15.6 Å². The summed E-state index contributed by atoms with van der Waals surface area (Å²) < 4.78 is 0. The van der Waals surface area contributed by atoms with Crippen LogP contribution >= 0.6 is 11.3 Å². The molecule has 0 spiro atoms. The Bertz CT molecular complexity index is 382. The van der Waals surface area contributed by atoms with Crippen LogP contribution in [0.4, 0.5) is 0 Å². The second-order valence-corrected chi connectivity index (χ2v) is 6.90. The van der Waals surface area contributed by atoms with Crippen molar-refractivity contribution in [2.45, 2.75) is 52.5 Å². The van der Waals surface area contributed by atoms with E-state index < -0.39 is 0 Å². The summed E-state index contributed by atoms with van der Waals surface area (Å²) in [5.74, 6) is 0. The van der Waals surface area contributed by atoms with Crippen LogP contribution in [0.3, 0.4) is 0 Å². The molecule has 2 N–H and O–H groups in total. The Balaban J connectivity index is 1.89. The highest BCUT2D eigenvalue weighted by molar-refractivity contribution is 7.11. The molecule has 0 aliphatic carbocycles. The molecule has 0 saturated carbocycles. The van der Waals surface area contributed by atoms with E-state index in [-0.39, 0.29) is 0 Å². The van der Waals surface area contributed by atoms with E-state index in [0.29, 0.717) is 11.5 Å². The zero-order valence-electron chi connectivity index (χ0n) is 12.5. The number of rotatable bonds is 6. The summed E-state index contributed by atoms with van der Waals surface area (Å²) >= 11 is 1.84. The van der Waals surface area contributed by atoms with Gasteiger partial charge in [0.25, 0.3) is 0 Å². The van der Waals surface area contributed by atoms with E-state index in [1.54, 1.807) is 0 Å². The maximum Gasteiger partial charge on any atom is 0.109 e. The lowest BCUT2D eigenvalue weighted by Crippen LogP contribution is -2.46. The molecule has 0 bridgehead atoms. The van der Waals surface area contributed by atoms with Gasteiger partial charge >= 0.3 is 0 Å². The van der Waals surface area contributed by atoms with Crippen LogP contribution < -0.4 is 10.6 Å². The van der Waals surface area contributed by atoms with Gasteiger partial charge in [-0.3, -0.25) is 0 Å². The Labute approximate surface area is 121 Å². The first kappa shape index (κ1) is 14.9. The summed E-state index contributed by atoms with van der Waals surface area (Å²) in [6, 6.07) is 0.371. The number of hydrogen-bond donors (Lipinski definition) is 2. The molecule has 0 radical (unpaired) electrons. The van der Waals surface area contributed by atoms with E-state index in [2.05, 4.69) is 36.4 Å². The lowest BCUT2D eigenvalue weighted by atomic mass is 9.78. The molecular formula is C15H27N3S. The third-order valence-corrected chi connectivity index (χ3v) is 5.71. The lowest BCUT2D eigenvalue weighted by molar-refractivity contribution is 0.187. The molecule has 1 aliphatic heterocycles. The third-order valence-electron chi connectivity index (χ3n) is 4.38. The molecule has 1 aliphatic rings. The second-order valence-electron chi connectivity index (χ2n) is 5.75. The summed E-state index contributed by atoms with van der Waals surface area (Å²) in [6.07, 6.45) is 7.01. The van der Waals surface area contributed by atoms with Gasteiger partial charge in [-0.05, 0) is 44.6 Å². The number of thiazole rings is 1. The highest BCUT2D eigenvalue weighted by Gasteiger charge is 2.30. The molecule has 2 atom stereocenters. The molecule has 1 saturated heterocycles. The van der Waals surface area contributed by atoms with Crippen molar-refractivity contribution in [2.24, 2.45) is 5.41 Å². The van der Waals surface area contributed by atoms with Crippen LogP contribution in [0.2, 0.25) is 0 Å². The first-order valence-corrected chi connectivity index (χ1v) is 8.39. The van der Waals surface area contributed by atoms with Crippen molar-refractivity contribution in [1.29, 1.82) is 0 Å². The Hall–Kier alpha value is -0.450. The Morgan fingerprint density at radius 1 is 1.53 bits per heavy atom. The van der Waals surface area contributed by atoms with Crippen LogP contribution in [0, 0.1) is 5.41 Å². The smallest absolute Gasteiger partial charge is 0.109 e. The number of nitrogens with one attached hydrogen (secondary N) is 2. The van der Waals surface area contributed by atoms with Crippen LogP contribution in [0.25, 0.3) is 0 Å². The van der Waals surface area contributed by atoms with Gasteiger partial charge in [-0.15, -0.1) is 11.3 Å². The van der Waals surface area contributed by atoms with Crippen LogP contribution in [0.1, 0.15) is 56.0 Å². The molecule has 108 valence electrons. The average Bonchev–Trinajstić information content (AvgIpc) is 2.95. The van der Waals surface area contributed by atoms with Crippen molar-refractivity contribution >= 4 is 11.3 Å². The summed E-state index contributed by atoms with van der Waals surface area (Å²) in [5, 5.41) is 8.48. The molecule has 19 heavy (non-hydrogen) atoms. The van der Waals surface area contributed by atoms with E-state index in [1.165, 1.54) is 35.7 Å². The van der Waals surface area contributed by atoms with Gasteiger partial charge in [-0.25, -0.2) is 4.98 Å². The summed E-state index contributed by atoms with van der Waals surface area (Å²) in [7, 11) is 0. The molecule has 2 rings (SSSR count). The minimum Gasteiger partial charge on any atom is -0.316 e. The van der Waals surface area contributed by atoms with Crippen LogP contribution in [-0.2, 0) is 6.42 Å². The Morgan fingerprint density at radius 2 is 2.37 bits per heavy atom. The molecule has 4 heteroatoms. The number of hydrogen-bond acceptors (Lipinski definition) is 4. The maximum absolute atomic E-state index is 4.54. The minimum atomic E-state index is 0.371. The summed E-state index contributed by atoms with van der Waals surface area (Å²) in [4.78, 5) is 5.92. The predicted molar refractivity (Wildman–Crippen MR) is 82.7 cm³/mol. The number of aryl methyl sites for hydroxylation is 1. The quantitative estimate of drug-likeness (QED) is 0.841. The fourth-order valence-corrected chi connectivity index (χ4v) is 3.64. The second kappa shape index (κ2) is 6.82. The Kier molecular flexibility index (Phi) is 5.37. The van der Waals surface area contributed by atoms with Crippen molar-refractivity contribution < 1.29 is 0 Å². The number of piperidine rings is 1. The molecule has 1 aromatic rings. The first-order chi connectivity index (χ1) is 9.19. The van der Waals surface area contributed by atoms with E-state index in [0.717, 1.165) is 19.5 Å². The normalized spacial score (nSPS) is 25.4. The third kappa shape index (κ3) is 3.77. The molecule has 2 unspecified atom stereocenters.